The molecule has 8 nitrogen and oxygen atoms in total. The molecule has 0 bridgehead atoms. The van der Waals surface area contributed by atoms with Gasteiger partial charge in [0.15, 0.2) is 5.17 Å². The molecule has 0 spiro atoms. The molecule has 2 aliphatic rings. The van der Waals surface area contributed by atoms with Crippen molar-refractivity contribution < 1.29 is 9.53 Å². The minimum Gasteiger partial charge on any atom is -0.379 e. The van der Waals surface area contributed by atoms with Gasteiger partial charge < -0.3 is 20.4 Å². The molecule has 0 unspecified atom stereocenters. The zero-order valence-corrected chi connectivity index (χ0v) is 17.8. The Kier molecular flexibility index (Phi) is 5.38. The second kappa shape index (κ2) is 7.82. The highest BCUT2D eigenvalue weighted by Crippen LogP contribution is 2.47. The van der Waals surface area contributed by atoms with Crippen LogP contribution in [-0.4, -0.2) is 44.1 Å². The van der Waals surface area contributed by atoms with Crippen LogP contribution in [-0.2, 0) is 10.3 Å². The van der Waals surface area contributed by atoms with Crippen molar-refractivity contribution >= 4 is 40.0 Å². The summed E-state index contributed by atoms with van der Waals surface area (Å²) in [5.41, 5.74) is 5.72. The highest BCUT2D eigenvalue weighted by atomic mass is 32.2. The fourth-order valence-electron chi connectivity index (χ4n) is 3.46. The van der Waals surface area contributed by atoms with E-state index in [0.29, 0.717) is 29.7 Å². The van der Waals surface area contributed by atoms with E-state index >= 15 is 0 Å². The van der Waals surface area contributed by atoms with Gasteiger partial charge in [-0.2, -0.15) is 0 Å². The standard InChI is InChI=1S/C19H22N6O2S2/c1-4-13-5-12-7-29-18(20)24-19(12,9-27-13)17-23-15(8-28-17)22-16(26)14-6-25(10-21-14)11(2)3/h1,6,8,10-13H,5,7,9H2,2-3H3,(H2,20,24)(H,22,26)/t12-,13-,19-/m0/s1. The van der Waals surface area contributed by atoms with Crippen LogP contribution in [0.1, 0.15) is 41.8 Å². The predicted octanol–water partition coefficient (Wildman–Crippen LogP) is 2.47. The summed E-state index contributed by atoms with van der Waals surface area (Å²) in [5, 5.41) is 5.91. The lowest BCUT2D eigenvalue weighted by atomic mass is 9.80. The van der Waals surface area contributed by atoms with Gasteiger partial charge in [-0.25, -0.2) is 15.0 Å². The molecule has 2 aliphatic heterocycles. The number of hydrogen-bond acceptors (Lipinski definition) is 8. The van der Waals surface area contributed by atoms with E-state index in [4.69, 9.17) is 21.9 Å². The van der Waals surface area contributed by atoms with Crippen LogP contribution in [0.25, 0.3) is 0 Å². The second-order valence-electron chi connectivity index (χ2n) is 7.38. The minimum atomic E-state index is -0.657. The molecule has 0 radical (unpaired) electrons. The minimum absolute atomic E-state index is 0.172. The molecule has 0 aromatic carbocycles. The summed E-state index contributed by atoms with van der Waals surface area (Å²) in [6.45, 7) is 4.38. The third-order valence-electron chi connectivity index (χ3n) is 5.15. The van der Waals surface area contributed by atoms with Crippen molar-refractivity contribution in [2.45, 2.75) is 38.0 Å². The van der Waals surface area contributed by atoms with E-state index in [0.717, 1.165) is 10.8 Å². The Balaban J connectivity index is 1.56. The Morgan fingerprint density at radius 3 is 3.10 bits per heavy atom. The van der Waals surface area contributed by atoms with Crippen molar-refractivity contribution in [3.8, 4) is 12.3 Å². The number of aromatic nitrogens is 3. The molecule has 2 aromatic rings. The maximum atomic E-state index is 12.5. The zero-order chi connectivity index (χ0) is 20.6. The summed E-state index contributed by atoms with van der Waals surface area (Å²) in [7, 11) is 0. The molecule has 3 atom stereocenters. The Hall–Kier alpha value is -2.35. The smallest absolute Gasteiger partial charge is 0.277 e. The molecule has 1 fully saturated rings. The zero-order valence-electron chi connectivity index (χ0n) is 16.2. The Morgan fingerprint density at radius 2 is 2.38 bits per heavy atom. The maximum Gasteiger partial charge on any atom is 0.277 e. The van der Waals surface area contributed by atoms with Crippen LogP contribution in [0.3, 0.4) is 0 Å². The Labute approximate surface area is 177 Å². The number of amidine groups is 1. The Morgan fingerprint density at radius 1 is 1.55 bits per heavy atom. The van der Waals surface area contributed by atoms with Gasteiger partial charge in [0.05, 0.1) is 12.9 Å². The maximum absolute atomic E-state index is 12.5. The van der Waals surface area contributed by atoms with E-state index in [2.05, 4.69) is 21.2 Å². The van der Waals surface area contributed by atoms with E-state index in [-0.39, 0.29) is 24.0 Å². The van der Waals surface area contributed by atoms with Crippen LogP contribution in [0.5, 0.6) is 0 Å². The van der Waals surface area contributed by atoms with E-state index in [9.17, 15) is 4.79 Å². The van der Waals surface area contributed by atoms with Crippen molar-refractivity contribution in [2.24, 2.45) is 16.6 Å². The van der Waals surface area contributed by atoms with Gasteiger partial charge in [-0.1, -0.05) is 17.7 Å². The summed E-state index contributed by atoms with van der Waals surface area (Å²) in [6.07, 6.45) is 9.41. The fraction of sp³-hybridized carbons (Fsp3) is 0.474. The highest BCUT2D eigenvalue weighted by molar-refractivity contribution is 8.13. The van der Waals surface area contributed by atoms with Gasteiger partial charge in [-0.3, -0.25) is 4.79 Å². The number of hydrogen-bond donors (Lipinski definition) is 2. The number of ether oxygens (including phenoxy) is 1. The van der Waals surface area contributed by atoms with E-state index < -0.39 is 5.54 Å². The summed E-state index contributed by atoms with van der Waals surface area (Å²) < 4.78 is 7.72. The first-order valence-corrected chi connectivity index (χ1v) is 11.1. The number of imidazole rings is 1. The van der Waals surface area contributed by atoms with Gasteiger partial charge in [-0.05, 0) is 20.3 Å². The molecule has 1 amide bonds. The molecular weight excluding hydrogens is 408 g/mol. The van der Waals surface area contributed by atoms with Gasteiger partial charge in [0.25, 0.3) is 5.91 Å². The predicted molar refractivity (Wildman–Crippen MR) is 115 cm³/mol. The number of rotatable bonds is 4. The topological polar surface area (TPSA) is 107 Å². The second-order valence-corrected chi connectivity index (χ2v) is 9.27. The largest absolute Gasteiger partial charge is 0.379 e. The van der Waals surface area contributed by atoms with E-state index in [1.807, 2.05) is 18.4 Å². The average molecular weight is 431 g/mol. The number of thiazole rings is 1. The summed E-state index contributed by atoms with van der Waals surface area (Å²) in [4.78, 5) is 26.1. The number of carbonyl (C=O) groups excluding carboxylic acids is 1. The summed E-state index contributed by atoms with van der Waals surface area (Å²) in [5.74, 6) is 3.83. The lowest BCUT2D eigenvalue weighted by molar-refractivity contribution is -0.0286. The van der Waals surface area contributed by atoms with Gasteiger partial charge >= 0.3 is 0 Å². The summed E-state index contributed by atoms with van der Waals surface area (Å²) >= 11 is 2.96. The monoisotopic (exact) mass is 430 g/mol. The number of anilines is 1. The van der Waals surface area contributed by atoms with Crippen molar-refractivity contribution in [3.63, 3.8) is 0 Å². The number of amides is 1. The number of thioether (sulfide) groups is 1. The van der Waals surface area contributed by atoms with Crippen molar-refractivity contribution in [1.82, 2.24) is 14.5 Å². The number of terminal acetylenes is 1. The molecule has 0 aliphatic carbocycles. The van der Waals surface area contributed by atoms with Crippen LogP contribution in [0.4, 0.5) is 5.82 Å². The average Bonchev–Trinajstić information content (AvgIpc) is 3.37. The molecule has 0 saturated carbocycles. The molecule has 4 heterocycles. The normalized spacial score (nSPS) is 26.5. The lowest BCUT2D eigenvalue weighted by Gasteiger charge is -2.43. The third-order valence-corrected chi connectivity index (χ3v) is 7.12. The van der Waals surface area contributed by atoms with Crippen molar-refractivity contribution in [3.05, 3.63) is 28.6 Å². The molecular formula is C19H22N6O2S2. The first-order valence-electron chi connectivity index (χ1n) is 9.28. The molecule has 4 rings (SSSR count). The fourth-order valence-corrected chi connectivity index (χ4v) is 5.43. The van der Waals surface area contributed by atoms with Crippen LogP contribution in [0, 0.1) is 18.3 Å². The van der Waals surface area contributed by atoms with Crippen LogP contribution in [0.15, 0.2) is 22.9 Å². The number of fused-ring (bicyclic) bond motifs is 1. The number of nitrogens with zero attached hydrogens (tertiary/aromatic N) is 4. The SMILES string of the molecule is C#C[C@H]1C[C@H]2CSC(N)=N[C@@]2(c2nc(NC(=O)c3cn(C(C)C)cn3)cs2)CO1. The molecule has 29 heavy (non-hydrogen) atoms. The molecule has 152 valence electrons. The molecule has 3 N–H and O–H groups in total. The van der Waals surface area contributed by atoms with E-state index in [1.165, 1.54) is 23.1 Å². The quantitative estimate of drug-likeness (QED) is 0.722. The number of nitrogens with one attached hydrogen (secondary N) is 1. The van der Waals surface area contributed by atoms with Gasteiger partial charge in [0.2, 0.25) is 0 Å². The van der Waals surface area contributed by atoms with Crippen LogP contribution >= 0.6 is 23.1 Å². The van der Waals surface area contributed by atoms with Crippen LogP contribution < -0.4 is 11.1 Å². The first kappa shape index (κ1) is 19.9. The molecule has 1 saturated heterocycles. The van der Waals surface area contributed by atoms with Crippen LogP contribution in [0.2, 0.25) is 0 Å². The van der Waals surface area contributed by atoms with Crippen molar-refractivity contribution in [2.75, 3.05) is 17.7 Å². The first-order chi connectivity index (χ1) is 13.9. The number of nitrogens with two attached hydrogens (primary N) is 1. The van der Waals surface area contributed by atoms with Crippen molar-refractivity contribution in [1.29, 1.82) is 0 Å². The molecule has 10 heteroatoms. The summed E-state index contributed by atoms with van der Waals surface area (Å²) in [6, 6.07) is 0.233. The highest BCUT2D eigenvalue weighted by Gasteiger charge is 2.49. The molecule has 2 aromatic heterocycles. The van der Waals surface area contributed by atoms with Gasteiger partial charge in [0.1, 0.15) is 28.2 Å². The number of carbonyl (C=O) groups is 1. The third kappa shape index (κ3) is 3.77. The number of aliphatic imine (C=N–C) groups is 1. The lowest BCUT2D eigenvalue weighted by Crippen LogP contribution is -2.49. The van der Waals surface area contributed by atoms with Gasteiger partial charge in [-0.15, -0.1) is 17.8 Å². The van der Waals surface area contributed by atoms with Gasteiger partial charge in [0, 0.05) is 29.3 Å². The Bertz CT molecular complexity index is 991. The van der Waals surface area contributed by atoms with E-state index in [1.54, 1.807) is 17.9 Å².